The first-order valence-corrected chi connectivity index (χ1v) is 41.2. The fourth-order valence-electron chi connectivity index (χ4n) is 10.2. The molecule has 0 saturated heterocycles. The third-order valence-electron chi connectivity index (χ3n) is 16.1. The molecule has 0 spiro atoms. The summed E-state index contributed by atoms with van der Waals surface area (Å²) in [6.45, 7) is 4.78. The molecule has 0 saturated carbocycles. The highest BCUT2D eigenvalue weighted by atomic mass is 31.2. The molecule has 19 heteroatoms. The SMILES string of the molecule is CCCCC/C=C\C/C=C\CCCCCCCC(=O)OC[C@H](COP(=O)(O)OC[C@H](O)COP(=O)(O)OC[C@@H](COC(=O)CCCCCCC/C=C\C=C/CCCCCC)OC(=O)CCCCCCC/C=C\CCCCCC)OC(=O)CCCCCCC/C=C\CCCCCC. The lowest BCUT2D eigenvalue weighted by Crippen LogP contribution is -2.30. The zero-order valence-corrected chi connectivity index (χ0v) is 62.6. The number of ether oxygens (including phenoxy) is 4. The zero-order chi connectivity index (χ0) is 70.4. The fourth-order valence-corrected chi connectivity index (χ4v) is 11.8. The van der Waals surface area contributed by atoms with Gasteiger partial charge in [0.2, 0.25) is 0 Å². The van der Waals surface area contributed by atoms with E-state index >= 15 is 0 Å². The van der Waals surface area contributed by atoms with Crippen molar-refractivity contribution in [2.75, 3.05) is 39.6 Å². The molecule has 0 aromatic rings. The fraction of sp³-hybridized carbons (Fsp3) is 0.792. The van der Waals surface area contributed by atoms with Crippen LogP contribution in [0.2, 0.25) is 0 Å². The van der Waals surface area contributed by atoms with E-state index in [0.29, 0.717) is 25.7 Å². The molecule has 0 aliphatic carbocycles. The van der Waals surface area contributed by atoms with E-state index in [4.69, 9.17) is 37.0 Å². The number of allylic oxidation sites excluding steroid dienone is 12. The van der Waals surface area contributed by atoms with E-state index in [2.05, 4.69) is 101 Å². The van der Waals surface area contributed by atoms with E-state index in [1.165, 1.54) is 96.3 Å². The van der Waals surface area contributed by atoms with Gasteiger partial charge in [0.1, 0.15) is 19.3 Å². The molecule has 0 radical (unpaired) electrons. The highest BCUT2D eigenvalue weighted by Crippen LogP contribution is 2.45. The third kappa shape index (κ3) is 69.0. The number of carbonyl (C=O) groups is 4. The standard InChI is InChI=1S/C77H138O17P2/c1-5-9-13-17-21-25-29-33-35-39-41-45-49-53-57-61-74(79)87-67-72(93-76(81)63-59-55-51-47-43-37-31-27-23-19-15-11-7-3)69-91-95(83,84)89-65-71(78)66-90-96(85,86)92-70-73(94-77(82)64-60-56-52-48-44-38-32-28-24-20-16-12-8-4)68-88-75(80)62-58-54-50-46-42-40-36-34-30-26-22-18-14-10-6-2/h21,25-28,30-36,71-73,78H,5-20,22-24,29,37-70H2,1-4H3,(H,83,84)(H,85,86)/b25-21-,30-26-,31-27-,32-28-,35-33-,36-34-/t71-,72+,73+/m0/s1. The molecule has 0 aromatic carbocycles. The van der Waals surface area contributed by atoms with Gasteiger partial charge in [-0.1, -0.05) is 248 Å². The summed E-state index contributed by atoms with van der Waals surface area (Å²) in [6, 6.07) is 0. The average Bonchev–Trinajstić information content (AvgIpc) is 1.14. The van der Waals surface area contributed by atoms with Crippen LogP contribution in [-0.2, 0) is 65.4 Å². The van der Waals surface area contributed by atoms with Crippen LogP contribution < -0.4 is 0 Å². The van der Waals surface area contributed by atoms with E-state index in [0.717, 1.165) is 161 Å². The van der Waals surface area contributed by atoms with Gasteiger partial charge >= 0.3 is 39.5 Å². The Bertz CT molecular complexity index is 2110. The van der Waals surface area contributed by atoms with Crippen LogP contribution in [0.4, 0.5) is 0 Å². The molecule has 17 nitrogen and oxygen atoms in total. The highest BCUT2D eigenvalue weighted by molar-refractivity contribution is 7.47. The largest absolute Gasteiger partial charge is 0.472 e. The summed E-state index contributed by atoms with van der Waals surface area (Å²) in [5.41, 5.74) is 0. The van der Waals surface area contributed by atoms with Crippen LogP contribution in [0.25, 0.3) is 0 Å². The van der Waals surface area contributed by atoms with Crippen LogP contribution in [0.1, 0.15) is 336 Å². The second-order valence-electron chi connectivity index (χ2n) is 25.6. The molecule has 2 unspecified atom stereocenters. The molecule has 5 atom stereocenters. The maximum atomic E-state index is 13.1. The first-order valence-electron chi connectivity index (χ1n) is 38.2. The lowest BCUT2D eigenvalue weighted by atomic mass is 10.1. The van der Waals surface area contributed by atoms with Gasteiger partial charge in [-0.3, -0.25) is 37.3 Å². The van der Waals surface area contributed by atoms with Gasteiger partial charge in [-0.2, -0.15) is 0 Å². The number of aliphatic hydroxyl groups is 1. The van der Waals surface area contributed by atoms with Crippen LogP contribution >= 0.6 is 15.6 Å². The highest BCUT2D eigenvalue weighted by Gasteiger charge is 2.30. The van der Waals surface area contributed by atoms with Gasteiger partial charge in [0.15, 0.2) is 12.2 Å². The Morgan fingerprint density at radius 1 is 0.302 bits per heavy atom. The number of aliphatic hydroxyl groups excluding tert-OH is 1. The Balaban J connectivity index is 5.35. The molecule has 558 valence electrons. The van der Waals surface area contributed by atoms with Gasteiger partial charge in [-0.05, 0) is 135 Å². The van der Waals surface area contributed by atoms with E-state index in [9.17, 15) is 43.2 Å². The van der Waals surface area contributed by atoms with E-state index in [-0.39, 0.29) is 25.7 Å². The van der Waals surface area contributed by atoms with Crippen molar-refractivity contribution in [3.63, 3.8) is 0 Å². The number of rotatable bonds is 72. The summed E-state index contributed by atoms with van der Waals surface area (Å²) < 4.78 is 68.4. The summed E-state index contributed by atoms with van der Waals surface area (Å²) in [4.78, 5) is 72.8. The van der Waals surface area contributed by atoms with Gasteiger partial charge in [-0.25, -0.2) is 9.13 Å². The van der Waals surface area contributed by atoms with E-state index in [1.54, 1.807) is 0 Å². The summed E-state index contributed by atoms with van der Waals surface area (Å²) in [5, 5.41) is 10.6. The van der Waals surface area contributed by atoms with Gasteiger partial charge in [0.25, 0.3) is 0 Å². The molecule has 0 amide bonds. The van der Waals surface area contributed by atoms with Crippen LogP contribution in [0, 0.1) is 0 Å². The molecular weight excluding hydrogens is 1260 g/mol. The number of phosphoric acid groups is 2. The van der Waals surface area contributed by atoms with Crippen molar-refractivity contribution in [1.82, 2.24) is 0 Å². The number of unbranched alkanes of at least 4 members (excludes halogenated alkanes) is 35. The smallest absolute Gasteiger partial charge is 0.462 e. The Kier molecular flexibility index (Phi) is 67.4. The molecule has 0 aliphatic rings. The number of hydrogen-bond donors (Lipinski definition) is 3. The maximum Gasteiger partial charge on any atom is 0.472 e. The second-order valence-corrected chi connectivity index (χ2v) is 28.5. The first kappa shape index (κ1) is 92.5. The molecule has 0 heterocycles. The van der Waals surface area contributed by atoms with Crippen LogP contribution in [0.3, 0.4) is 0 Å². The van der Waals surface area contributed by atoms with Gasteiger partial charge in [0.05, 0.1) is 26.4 Å². The van der Waals surface area contributed by atoms with Crippen molar-refractivity contribution in [1.29, 1.82) is 0 Å². The topological polar surface area (TPSA) is 237 Å². The summed E-state index contributed by atoms with van der Waals surface area (Å²) >= 11 is 0. The van der Waals surface area contributed by atoms with Crippen LogP contribution in [0.5, 0.6) is 0 Å². The Labute approximate surface area is 583 Å². The molecule has 0 fully saturated rings. The van der Waals surface area contributed by atoms with Crippen molar-refractivity contribution in [3.8, 4) is 0 Å². The zero-order valence-electron chi connectivity index (χ0n) is 60.8. The van der Waals surface area contributed by atoms with Crippen molar-refractivity contribution in [2.45, 2.75) is 354 Å². The molecule has 3 N–H and O–H groups in total. The lowest BCUT2D eigenvalue weighted by molar-refractivity contribution is -0.161. The average molecular weight is 1400 g/mol. The lowest BCUT2D eigenvalue weighted by Gasteiger charge is -2.21. The molecule has 96 heavy (non-hydrogen) atoms. The summed E-state index contributed by atoms with van der Waals surface area (Å²) in [7, 11) is -9.95. The van der Waals surface area contributed by atoms with Crippen LogP contribution in [-0.4, -0.2) is 96.7 Å². The van der Waals surface area contributed by atoms with Gasteiger partial charge in [0, 0.05) is 25.7 Å². The molecule has 0 aromatic heterocycles. The Morgan fingerprint density at radius 3 is 0.865 bits per heavy atom. The molecule has 0 bridgehead atoms. The van der Waals surface area contributed by atoms with E-state index in [1.807, 2.05) is 0 Å². The van der Waals surface area contributed by atoms with Crippen LogP contribution in [0.15, 0.2) is 72.9 Å². The van der Waals surface area contributed by atoms with Crippen molar-refractivity contribution in [3.05, 3.63) is 72.9 Å². The van der Waals surface area contributed by atoms with Crippen molar-refractivity contribution in [2.24, 2.45) is 0 Å². The number of esters is 4. The predicted molar refractivity (Wildman–Crippen MR) is 390 cm³/mol. The first-order chi connectivity index (χ1) is 46.7. The normalized spacial score (nSPS) is 14.4. The van der Waals surface area contributed by atoms with Gasteiger partial charge < -0.3 is 33.8 Å². The minimum atomic E-state index is -4.97. The quantitative estimate of drug-likeness (QED) is 0.0128. The molecular formula is C77H138O17P2. The van der Waals surface area contributed by atoms with E-state index < -0.39 is 97.5 Å². The molecule has 0 aliphatic heterocycles. The molecule has 0 rings (SSSR count). The number of phosphoric ester groups is 2. The predicted octanol–water partition coefficient (Wildman–Crippen LogP) is 21.7. The summed E-state index contributed by atoms with van der Waals surface area (Å²) in [6.07, 6.45) is 68.9. The monoisotopic (exact) mass is 1400 g/mol. The van der Waals surface area contributed by atoms with Crippen molar-refractivity contribution < 1.29 is 80.2 Å². The Hall–Kier alpha value is -3.50. The third-order valence-corrected chi connectivity index (χ3v) is 18.0. The minimum Gasteiger partial charge on any atom is -0.462 e. The number of hydrogen-bond acceptors (Lipinski definition) is 15. The Morgan fingerprint density at radius 2 is 0.542 bits per heavy atom. The maximum absolute atomic E-state index is 13.1. The van der Waals surface area contributed by atoms with Crippen molar-refractivity contribution >= 4 is 39.5 Å². The summed E-state index contributed by atoms with van der Waals surface area (Å²) in [5.74, 6) is -2.21. The minimum absolute atomic E-state index is 0.0835. The van der Waals surface area contributed by atoms with Gasteiger partial charge in [-0.15, -0.1) is 0 Å². The number of carbonyl (C=O) groups excluding carboxylic acids is 4. The second kappa shape index (κ2) is 70.0.